The molecule has 0 bridgehead atoms. The van der Waals surface area contributed by atoms with Crippen molar-refractivity contribution in [1.29, 1.82) is 0 Å². The number of rotatable bonds is 14. The summed E-state index contributed by atoms with van der Waals surface area (Å²) < 4.78 is 43.2. The molecule has 4 aromatic rings. The zero-order valence-corrected chi connectivity index (χ0v) is 34.9. The Balaban J connectivity index is 0.000000955. The van der Waals surface area contributed by atoms with Crippen molar-refractivity contribution in [3.8, 4) is 28.3 Å². The van der Waals surface area contributed by atoms with Gasteiger partial charge in [0, 0.05) is 55.3 Å². The fourth-order valence-corrected chi connectivity index (χ4v) is 7.17. The van der Waals surface area contributed by atoms with E-state index < -0.39 is 29.8 Å². The van der Waals surface area contributed by atoms with Crippen molar-refractivity contribution >= 4 is 29.6 Å². The number of aromatic amines is 1. The number of anilines is 1. The first kappa shape index (κ1) is 47.0. The van der Waals surface area contributed by atoms with E-state index in [1.165, 1.54) is 4.90 Å². The molecule has 1 saturated carbocycles. The maximum absolute atomic E-state index is 13.8. The predicted molar refractivity (Wildman–Crippen MR) is 222 cm³/mol. The van der Waals surface area contributed by atoms with Gasteiger partial charge in [-0.3, -0.25) is 14.5 Å². The third-order valence-electron chi connectivity index (χ3n) is 10.7. The van der Waals surface area contributed by atoms with Gasteiger partial charge in [-0.15, -0.1) is 10.2 Å². The molecule has 3 aromatic carbocycles. The molecule has 3 amide bonds. The van der Waals surface area contributed by atoms with E-state index in [4.69, 9.17) is 19.4 Å². The van der Waals surface area contributed by atoms with Crippen molar-refractivity contribution in [2.75, 3.05) is 51.3 Å². The van der Waals surface area contributed by atoms with Gasteiger partial charge in [0.05, 0.1) is 13.2 Å². The van der Waals surface area contributed by atoms with Crippen molar-refractivity contribution in [3.63, 3.8) is 0 Å². The molecule has 16 nitrogen and oxygen atoms in total. The number of ether oxygens (including phenoxy) is 2. The second-order valence-electron chi connectivity index (χ2n) is 16.2. The quantitative estimate of drug-likeness (QED) is 0.0969. The Kier molecular flexibility index (Phi) is 16.4. The third-order valence-corrected chi connectivity index (χ3v) is 10.7. The fourth-order valence-electron chi connectivity index (χ4n) is 7.17. The van der Waals surface area contributed by atoms with Crippen LogP contribution in [0.5, 0.6) is 5.75 Å². The molecule has 1 saturated heterocycles. The number of hydrogen-bond acceptors (Lipinski definition) is 10. The standard InChI is InChI=1S/C41H52N8O6.C2HF3O2/c1-41(2,3)49(40(52)53)27-29-9-13-32(14-10-29)38(50)43-36(39(51)42-34-17-15-31(16-18-34)37-44-46-47-45-37)25-28-7-11-30(12-8-28)33-5-4-6-35(26-33)55-24-21-48-19-22-54-23-20-48;3-2(4,5)1(6)7/h4-8,11-12,15-18,26,29,32,36H,9-10,13-14,19-25,27H2,1-3H3,(H,42,51)(H,43,50)(H,52,53)(H,44,45,46,47);(H,6,7)/t29-,32-,36-;/m0./s1. The first-order valence-corrected chi connectivity index (χ1v) is 20.3. The average Bonchev–Trinajstić information content (AvgIpc) is 3.79. The number of hydrogen-bond donors (Lipinski definition) is 5. The fraction of sp³-hybridized carbons (Fsp3) is 0.465. The highest BCUT2D eigenvalue weighted by atomic mass is 19.4. The minimum Gasteiger partial charge on any atom is -0.492 e. The number of H-pyrrole nitrogens is 1. The van der Waals surface area contributed by atoms with Crippen LogP contribution in [0.3, 0.4) is 0 Å². The van der Waals surface area contributed by atoms with Gasteiger partial charge < -0.3 is 35.2 Å². The Hall–Kier alpha value is -6.08. The minimum absolute atomic E-state index is 0.168. The summed E-state index contributed by atoms with van der Waals surface area (Å²) in [6.45, 7) is 10.9. The molecule has 19 heteroatoms. The lowest BCUT2D eigenvalue weighted by atomic mass is 9.80. The smallest absolute Gasteiger partial charge is 0.490 e. The van der Waals surface area contributed by atoms with Crippen LogP contribution in [0, 0.1) is 11.8 Å². The first-order valence-electron chi connectivity index (χ1n) is 20.3. The second kappa shape index (κ2) is 21.6. The van der Waals surface area contributed by atoms with Gasteiger partial charge >= 0.3 is 18.2 Å². The molecule has 1 aliphatic heterocycles. The summed E-state index contributed by atoms with van der Waals surface area (Å²) in [4.78, 5) is 52.2. The molecule has 0 radical (unpaired) electrons. The monoisotopic (exact) mass is 866 g/mol. The number of halogens is 3. The van der Waals surface area contributed by atoms with E-state index in [-0.39, 0.29) is 30.1 Å². The number of morpholine rings is 1. The Labute approximate surface area is 357 Å². The van der Waals surface area contributed by atoms with Crippen LogP contribution in [0.15, 0.2) is 72.8 Å². The largest absolute Gasteiger partial charge is 0.492 e. The van der Waals surface area contributed by atoms with Crippen LogP contribution in [-0.2, 0) is 25.5 Å². The number of nitrogens with zero attached hydrogens (tertiary/aromatic N) is 5. The second-order valence-corrected chi connectivity index (χ2v) is 16.2. The van der Waals surface area contributed by atoms with Crippen molar-refractivity contribution in [2.24, 2.45) is 11.8 Å². The number of nitrogens with one attached hydrogen (secondary N) is 3. The summed E-state index contributed by atoms with van der Waals surface area (Å²) in [5.41, 5.74) is 3.74. The topological polar surface area (TPSA) is 212 Å². The number of carbonyl (C=O) groups is 4. The molecule has 0 unspecified atom stereocenters. The number of tetrazole rings is 1. The maximum Gasteiger partial charge on any atom is 0.490 e. The Morgan fingerprint density at radius 3 is 2.15 bits per heavy atom. The number of amides is 3. The van der Waals surface area contributed by atoms with Crippen LogP contribution in [0.25, 0.3) is 22.5 Å². The molecular formula is C43H53F3N8O8. The van der Waals surface area contributed by atoms with Crippen molar-refractivity contribution in [1.82, 2.24) is 35.7 Å². The number of carboxylic acid groups (broad SMARTS) is 2. The lowest BCUT2D eigenvalue weighted by Gasteiger charge is -2.38. The van der Waals surface area contributed by atoms with Crippen LogP contribution in [0.4, 0.5) is 23.7 Å². The summed E-state index contributed by atoms with van der Waals surface area (Å²) >= 11 is 0. The molecule has 1 aromatic heterocycles. The van der Waals surface area contributed by atoms with E-state index in [9.17, 15) is 32.7 Å². The zero-order chi connectivity index (χ0) is 44.9. The molecule has 1 atom stereocenters. The van der Waals surface area contributed by atoms with Crippen LogP contribution in [0.1, 0.15) is 52.0 Å². The molecule has 1 aliphatic carbocycles. The molecule has 334 valence electrons. The zero-order valence-electron chi connectivity index (χ0n) is 34.9. The summed E-state index contributed by atoms with van der Waals surface area (Å²) in [5.74, 6) is -2.09. The number of carboxylic acids is 1. The van der Waals surface area contributed by atoms with E-state index >= 15 is 0 Å². The lowest BCUT2D eigenvalue weighted by molar-refractivity contribution is -0.192. The van der Waals surface area contributed by atoms with Crippen molar-refractivity contribution in [2.45, 2.75) is 70.6 Å². The van der Waals surface area contributed by atoms with Gasteiger partial charge in [0.1, 0.15) is 18.4 Å². The Morgan fingerprint density at radius 2 is 1.56 bits per heavy atom. The highest BCUT2D eigenvalue weighted by Crippen LogP contribution is 2.32. The van der Waals surface area contributed by atoms with Crippen molar-refractivity contribution in [3.05, 3.63) is 78.4 Å². The number of aliphatic carboxylic acids is 1. The summed E-state index contributed by atoms with van der Waals surface area (Å²) in [7, 11) is 0. The molecular weight excluding hydrogens is 814 g/mol. The normalized spacial score (nSPS) is 17.5. The van der Waals surface area contributed by atoms with Gasteiger partial charge in [-0.2, -0.15) is 18.4 Å². The van der Waals surface area contributed by atoms with Crippen molar-refractivity contribution < 1.29 is 52.0 Å². The van der Waals surface area contributed by atoms with Crippen LogP contribution >= 0.6 is 0 Å². The first-order chi connectivity index (χ1) is 29.5. The number of aromatic nitrogens is 4. The SMILES string of the molecule is CC(C)(C)N(C[C@H]1CC[C@H](C(=O)N[C@@H](Cc2ccc(-c3cccc(OCCN4CCOCC4)c3)cc2)C(=O)Nc2ccc(-c3nn[nH]n3)cc2)CC1)C(=O)O.O=C(O)C(F)(F)F. The third kappa shape index (κ3) is 14.3. The predicted octanol–water partition coefficient (Wildman–Crippen LogP) is 6.13. The van der Waals surface area contributed by atoms with Crippen LogP contribution in [0.2, 0.25) is 0 Å². The van der Waals surface area contributed by atoms with E-state index in [0.29, 0.717) is 37.5 Å². The number of carbonyl (C=O) groups excluding carboxylic acids is 2. The van der Waals surface area contributed by atoms with E-state index in [1.54, 1.807) is 24.3 Å². The number of benzene rings is 3. The van der Waals surface area contributed by atoms with Gasteiger partial charge in [-0.25, -0.2) is 9.59 Å². The van der Waals surface area contributed by atoms with Gasteiger partial charge in [-0.1, -0.05) is 36.4 Å². The molecule has 6 rings (SSSR count). The molecule has 2 aliphatic rings. The van der Waals surface area contributed by atoms with Gasteiger partial charge in [0.15, 0.2) is 0 Å². The van der Waals surface area contributed by atoms with Gasteiger partial charge in [0.25, 0.3) is 0 Å². The Bertz CT molecular complexity index is 2070. The maximum atomic E-state index is 13.8. The molecule has 5 N–H and O–H groups in total. The average molecular weight is 867 g/mol. The number of alkyl halides is 3. The van der Waals surface area contributed by atoms with Crippen LogP contribution in [-0.4, -0.2) is 128 Å². The van der Waals surface area contributed by atoms with E-state index in [1.807, 2.05) is 69.3 Å². The molecule has 0 spiro atoms. The van der Waals surface area contributed by atoms with E-state index in [0.717, 1.165) is 73.7 Å². The Morgan fingerprint density at radius 1 is 0.919 bits per heavy atom. The summed E-state index contributed by atoms with van der Waals surface area (Å²) in [6, 6.07) is 22.3. The molecule has 2 heterocycles. The van der Waals surface area contributed by atoms with E-state index in [2.05, 4.69) is 36.2 Å². The highest BCUT2D eigenvalue weighted by molar-refractivity contribution is 5.97. The van der Waals surface area contributed by atoms with Gasteiger partial charge in [0.2, 0.25) is 17.6 Å². The highest BCUT2D eigenvalue weighted by Gasteiger charge is 2.38. The molecule has 62 heavy (non-hydrogen) atoms. The molecule has 2 fully saturated rings. The minimum atomic E-state index is -5.08. The summed E-state index contributed by atoms with van der Waals surface area (Å²) in [6.07, 6.45) is -2.99. The lowest BCUT2D eigenvalue weighted by Crippen LogP contribution is -2.49. The summed E-state index contributed by atoms with van der Waals surface area (Å²) in [5, 5.41) is 37.0. The van der Waals surface area contributed by atoms with Crippen LogP contribution < -0.4 is 15.4 Å². The van der Waals surface area contributed by atoms with Gasteiger partial charge in [-0.05, 0) is 111 Å².